The van der Waals surface area contributed by atoms with Gasteiger partial charge in [-0.05, 0) is 33.2 Å². The van der Waals surface area contributed by atoms with Crippen molar-refractivity contribution >= 4 is 11.3 Å². The topological polar surface area (TPSA) is 42.1 Å². The molecule has 2 rings (SSSR count). The number of piperidine rings is 1. The van der Waals surface area contributed by atoms with Crippen LogP contribution in [0, 0.1) is 0 Å². The summed E-state index contributed by atoms with van der Waals surface area (Å²) >= 11 is 1.81. The standard InChI is InChI=1S/C15H27N3S/c1-11(2)18-7-5-4-6-13(18)8-15-17-14(10-19-15)12(3)9-16/h10-13H,4-9,16H2,1-3H3. The first-order valence-corrected chi connectivity index (χ1v) is 8.40. The summed E-state index contributed by atoms with van der Waals surface area (Å²) in [5, 5.41) is 3.47. The first-order chi connectivity index (χ1) is 9.11. The minimum atomic E-state index is 0.387. The molecule has 0 aromatic carbocycles. The van der Waals surface area contributed by atoms with Gasteiger partial charge in [0, 0.05) is 36.3 Å². The van der Waals surface area contributed by atoms with Gasteiger partial charge in [-0.15, -0.1) is 11.3 Å². The van der Waals surface area contributed by atoms with Crippen LogP contribution in [0.1, 0.15) is 56.7 Å². The predicted octanol–water partition coefficient (Wildman–Crippen LogP) is 3.01. The van der Waals surface area contributed by atoms with Crippen LogP contribution < -0.4 is 5.73 Å². The second-order valence-corrected chi connectivity index (χ2v) is 6.93. The van der Waals surface area contributed by atoms with E-state index in [1.807, 2.05) is 11.3 Å². The first kappa shape index (κ1) is 14.9. The quantitative estimate of drug-likeness (QED) is 0.902. The normalized spacial score (nSPS) is 22.9. The maximum atomic E-state index is 5.72. The van der Waals surface area contributed by atoms with Gasteiger partial charge in [-0.1, -0.05) is 13.3 Å². The number of hydrogen-bond donors (Lipinski definition) is 1. The highest BCUT2D eigenvalue weighted by Gasteiger charge is 2.25. The Hall–Kier alpha value is -0.450. The Morgan fingerprint density at radius 3 is 2.89 bits per heavy atom. The Kier molecular flexibility index (Phi) is 5.37. The third-order valence-electron chi connectivity index (χ3n) is 4.17. The molecular formula is C15H27N3S. The van der Waals surface area contributed by atoms with Gasteiger partial charge < -0.3 is 5.73 Å². The zero-order valence-electron chi connectivity index (χ0n) is 12.4. The third kappa shape index (κ3) is 3.77. The number of thiazole rings is 1. The molecule has 3 nitrogen and oxygen atoms in total. The summed E-state index contributed by atoms with van der Waals surface area (Å²) in [5.74, 6) is 0.387. The van der Waals surface area contributed by atoms with Crippen LogP contribution >= 0.6 is 11.3 Å². The number of nitrogens with two attached hydrogens (primary N) is 1. The van der Waals surface area contributed by atoms with Crippen molar-refractivity contribution in [2.24, 2.45) is 5.73 Å². The van der Waals surface area contributed by atoms with Gasteiger partial charge in [-0.3, -0.25) is 4.90 Å². The fourth-order valence-corrected chi connectivity index (χ4v) is 3.88. The van der Waals surface area contributed by atoms with Crippen molar-refractivity contribution in [2.75, 3.05) is 13.1 Å². The molecule has 2 heterocycles. The molecule has 1 aliphatic heterocycles. The van der Waals surface area contributed by atoms with Gasteiger partial charge in [0.1, 0.15) is 0 Å². The number of nitrogens with zero attached hydrogens (tertiary/aromatic N) is 2. The molecule has 108 valence electrons. The molecular weight excluding hydrogens is 254 g/mol. The Morgan fingerprint density at radius 2 is 2.21 bits per heavy atom. The average molecular weight is 281 g/mol. The van der Waals surface area contributed by atoms with Crippen molar-refractivity contribution in [2.45, 2.75) is 64.5 Å². The van der Waals surface area contributed by atoms with Gasteiger partial charge in [0.2, 0.25) is 0 Å². The van der Waals surface area contributed by atoms with E-state index in [0.29, 0.717) is 24.5 Å². The van der Waals surface area contributed by atoms with Crippen molar-refractivity contribution in [1.29, 1.82) is 0 Å². The second kappa shape index (κ2) is 6.82. The highest BCUT2D eigenvalue weighted by molar-refractivity contribution is 7.09. The molecule has 1 aliphatic rings. The average Bonchev–Trinajstić information content (AvgIpc) is 2.86. The van der Waals surface area contributed by atoms with Crippen LogP contribution in [0.4, 0.5) is 0 Å². The molecule has 2 atom stereocenters. The van der Waals surface area contributed by atoms with Crippen molar-refractivity contribution in [1.82, 2.24) is 9.88 Å². The van der Waals surface area contributed by atoms with Gasteiger partial charge in [0.25, 0.3) is 0 Å². The summed E-state index contributed by atoms with van der Waals surface area (Å²) in [6, 6.07) is 1.33. The van der Waals surface area contributed by atoms with E-state index in [9.17, 15) is 0 Å². The van der Waals surface area contributed by atoms with E-state index in [0.717, 1.165) is 6.42 Å². The number of rotatable bonds is 5. The van der Waals surface area contributed by atoms with Crippen molar-refractivity contribution in [3.8, 4) is 0 Å². The van der Waals surface area contributed by atoms with Crippen molar-refractivity contribution in [3.63, 3.8) is 0 Å². The molecule has 0 radical (unpaired) electrons. The Labute approximate surface area is 121 Å². The molecule has 19 heavy (non-hydrogen) atoms. The molecule has 4 heteroatoms. The van der Waals surface area contributed by atoms with Crippen LogP contribution in [0.2, 0.25) is 0 Å². The minimum absolute atomic E-state index is 0.387. The molecule has 1 saturated heterocycles. The summed E-state index contributed by atoms with van der Waals surface area (Å²) in [6.07, 6.45) is 5.15. The molecule has 1 fully saturated rings. The van der Waals surface area contributed by atoms with Crippen molar-refractivity contribution in [3.05, 3.63) is 16.1 Å². The van der Waals surface area contributed by atoms with E-state index in [2.05, 4.69) is 31.1 Å². The molecule has 1 aromatic rings. The smallest absolute Gasteiger partial charge is 0.0943 e. The highest BCUT2D eigenvalue weighted by atomic mass is 32.1. The largest absolute Gasteiger partial charge is 0.330 e. The number of likely N-dealkylation sites (tertiary alicyclic amines) is 1. The van der Waals surface area contributed by atoms with Crippen LogP contribution in [0.5, 0.6) is 0 Å². The van der Waals surface area contributed by atoms with E-state index >= 15 is 0 Å². The molecule has 0 spiro atoms. The lowest BCUT2D eigenvalue weighted by Gasteiger charge is -2.38. The third-order valence-corrected chi connectivity index (χ3v) is 5.06. The van der Waals surface area contributed by atoms with E-state index in [1.165, 1.54) is 36.5 Å². The van der Waals surface area contributed by atoms with Crippen LogP contribution in [0.3, 0.4) is 0 Å². The summed E-state index contributed by atoms with van der Waals surface area (Å²) < 4.78 is 0. The van der Waals surface area contributed by atoms with E-state index in [1.54, 1.807) is 0 Å². The Bertz CT molecular complexity index is 388. The molecule has 1 aromatic heterocycles. The minimum Gasteiger partial charge on any atom is -0.330 e. The van der Waals surface area contributed by atoms with Crippen molar-refractivity contribution < 1.29 is 0 Å². The summed E-state index contributed by atoms with van der Waals surface area (Å²) in [6.45, 7) is 8.70. The second-order valence-electron chi connectivity index (χ2n) is 5.99. The fraction of sp³-hybridized carbons (Fsp3) is 0.800. The lowest BCUT2D eigenvalue weighted by Crippen LogP contribution is -2.44. The van der Waals surface area contributed by atoms with Gasteiger partial charge in [0.15, 0.2) is 0 Å². The summed E-state index contributed by atoms with van der Waals surface area (Å²) in [4.78, 5) is 7.43. The molecule has 2 unspecified atom stereocenters. The molecule has 0 saturated carbocycles. The Balaban J connectivity index is 2.00. The van der Waals surface area contributed by atoms with E-state index in [4.69, 9.17) is 10.7 Å². The summed E-state index contributed by atoms with van der Waals surface area (Å²) in [7, 11) is 0. The molecule has 2 N–H and O–H groups in total. The molecule has 0 amide bonds. The molecule has 0 aliphatic carbocycles. The van der Waals surface area contributed by atoms with Crippen LogP contribution in [-0.4, -0.2) is 35.1 Å². The maximum absolute atomic E-state index is 5.72. The van der Waals surface area contributed by atoms with E-state index in [-0.39, 0.29) is 0 Å². The zero-order chi connectivity index (χ0) is 13.8. The van der Waals surface area contributed by atoms with Gasteiger partial charge >= 0.3 is 0 Å². The Morgan fingerprint density at radius 1 is 1.42 bits per heavy atom. The maximum Gasteiger partial charge on any atom is 0.0943 e. The monoisotopic (exact) mass is 281 g/mol. The fourth-order valence-electron chi connectivity index (χ4n) is 2.89. The summed E-state index contributed by atoms with van der Waals surface area (Å²) in [5.41, 5.74) is 6.89. The van der Waals surface area contributed by atoms with Gasteiger partial charge in [-0.25, -0.2) is 4.98 Å². The van der Waals surface area contributed by atoms with Gasteiger partial charge in [0.05, 0.1) is 10.7 Å². The predicted molar refractivity (Wildman–Crippen MR) is 82.8 cm³/mol. The first-order valence-electron chi connectivity index (χ1n) is 7.52. The van der Waals surface area contributed by atoms with Gasteiger partial charge in [-0.2, -0.15) is 0 Å². The lowest BCUT2D eigenvalue weighted by molar-refractivity contribution is 0.111. The number of hydrogen-bond acceptors (Lipinski definition) is 4. The van der Waals surface area contributed by atoms with Crippen LogP contribution in [0.15, 0.2) is 5.38 Å². The number of aromatic nitrogens is 1. The SMILES string of the molecule is CC(CN)c1csc(CC2CCCCN2C(C)C)n1. The highest BCUT2D eigenvalue weighted by Crippen LogP contribution is 2.25. The van der Waals surface area contributed by atoms with Crippen LogP contribution in [0.25, 0.3) is 0 Å². The zero-order valence-corrected chi connectivity index (χ0v) is 13.2. The lowest BCUT2D eigenvalue weighted by atomic mass is 9.98. The van der Waals surface area contributed by atoms with Crippen LogP contribution in [-0.2, 0) is 6.42 Å². The molecule has 0 bridgehead atoms. The van der Waals surface area contributed by atoms with E-state index < -0.39 is 0 Å².